The van der Waals surface area contributed by atoms with E-state index in [1.165, 1.54) is 31.3 Å². The molecule has 0 aliphatic heterocycles. The number of anilines is 1. The number of carbonyl (C=O) groups excluding carboxylic acids is 1. The number of hydrogen-bond acceptors (Lipinski definition) is 4. The molecular formula is C12H18N2O4. The summed E-state index contributed by atoms with van der Waals surface area (Å²) in [7, 11) is 2.98. The molecule has 0 spiro atoms. The van der Waals surface area contributed by atoms with Gasteiger partial charge in [-0.3, -0.25) is 9.69 Å². The number of carbonyl (C=O) groups is 1. The maximum atomic E-state index is 11.9. The Morgan fingerprint density at radius 3 is 2.50 bits per heavy atom. The zero-order valence-corrected chi connectivity index (χ0v) is 11.2. The van der Waals surface area contributed by atoms with Gasteiger partial charge in [0.05, 0.1) is 12.8 Å². The average molecular weight is 254 g/mol. The Morgan fingerprint density at radius 1 is 1.39 bits per heavy atom. The van der Waals surface area contributed by atoms with Crippen molar-refractivity contribution in [2.75, 3.05) is 19.1 Å². The fourth-order valence-corrected chi connectivity index (χ4v) is 1.30. The SMILES string of the molecule is COc1c[nH]c(=O)cc1N(C)C(=O)OC(C)(C)C. The second-order valence-electron chi connectivity index (χ2n) is 4.79. The van der Waals surface area contributed by atoms with Gasteiger partial charge >= 0.3 is 6.09 Å². The van der Waals surface area contributed by atoms with Crippen molar-refractivity contribution in [2.24, 2.45) is 0 Å². The third kappa shape index (κ3) is 3.51. The number of aromatic nitrogens is 1. The van der Waals surface area contributed by atoms with E-state index < -0.39 is 11.7 Å². The van der Waals surface area contributed by atoms with Gasteiger partial charge in [0.2, 0.25) is 5.56 Å². The van der Waals surface area contributed by atoms with Crippen molar-refractivity contribution >= 4 is 11.8 Å². The lowest BCUT2D eigenvalue weighted by atomic mass is 10.2. The van der Waals surface area contributed by atoms with Crippen LogP contribution in [-0.2, 0) is 4.74 Å². The average Bonchev–Trinajstić information content (AvgIpc) is 2.25. The van der Waals surface area contributed by atoms with E-state index in [1.807, 2.05) is 0 Å². The fourth-order valence-electron chi connectivity index (χ4n) is 1.30. The molecule has 0 atom stereocenters. The molecule has 1 heterocycles. The second-order valence-corrected chi connectivity index (χ2v) is 4.79. The molecule has 0 aromatic carbocycles. The van der Waals surface area contributed by atoms with Crippen molar-refractivity contribution in [3.63, 3.8) is 0 Å². The quantitative estimate of drug-likeness (QED) is 0.872. The van der Waals surface area contributed by atoms with Gasteiger partial charge in [0.15, 0.2) is 5.75 Å². The van der Waals surface area contributed by atoms with Crippen molar-refractivity contribution in [2.45, 2.75) is 26.4 Å². The number of hydrogen-bond donors (Lipinski definition) is 1. The van der Waals surface area contributed by atoms with E-state index in [4.69, 9.17) is 9.47 Å². The van der Waals surface area contributed by atoms with Gasteiger partial charge in [-0.25, -0.2) is 4.79 Å². The highest BCUT2D eigenvalue weighted by molar-refractivity contribution is 5.89. The van der Waals surface area contributed by atoms with Gasteiger partial charge in [-0.1, -0.05) is 0 Å². The molecule has 1 amide bonds. The number of pyridine rings is 1. The van der Waals surface area contributed by atoms with E-state index >= 15 is 0 Å². The van der Waals surface area contributed by atoms with Crippen LogP contribution in [0.5, 0.6) is 5.75 Å². The van der Waals surface area contributed by atoms with E-state index in [2.05, 4.69) is 4.98 Å². The molecule has 0 fully saturated rings. The van der Waals surface area contributed by atoms with Crippen molar-refractivity contribution in [1.82, 2.24) is 4.98 Å². The number of nitrogens with zero attached hydrogens (tertiary/aromatic N) is 1. The van der Waals surface area contributed by atoms with Crippen LogP contribution in [-0.4, -0.2) is 30.8 Å². The summed E-state index contributed by atoms with van der Waals surface area (Å²) in [4.78, 5) is 26.9. The molecule has 0 saturated heterocycles. The van der Waals surface area contributed by atoms with Gasteiger partial charge in [0.1, 0.15) is 5.60 Å². The molecule has 0 unspecified atom stereocenters. The third-order valence-electron chi connectivity index (χ3n) is 2.11. The Bertz CT molecular complexity index is 488. The summed E-state index contributed by atoms with van der Waals surface area (Å²) in [6.07, 6.45) is 0.852. The summed E-state index contributed by atoms with van der Waals surface area (Å²) in [5, 5.41) is 0. The van der Waals surface area contributed by atoms with Crippen LogP contribution in [0.3, 0.4) is 0 Å². The summed E-state index contributed by atoms with van der Waals surface area (Å²) in [5.74, 6) is 0.392. The maximum Gasteiger partial charge on any atom is 0.414 e. The Kier molecular flexibility index (Phi) is 4.00. The first-order chi connectivity index (χ1) is 8.24. The predicted octanol–water partition coefficient (Wildman–Crippen LogP) is 1.75. The van der Waals surface area contributed by atoms with E-state index in [0.717, 1.165) is 0 Å². The van der Waals surface area contributed by atoms with Gasteiger partial charge < -0.3 is 14.5 Å². The maximum absolute atomic E-state index is 11.9. The smallest absolute Gasteiger partial charge is 0.414 e. The van der Waals surface area contributed by atoms with E-state index in [-0.39, 0.29) is 5.56 Å². The van der Waals surface area contributed by atoms with Crippen molar-refractivity contribution in [3.05, 3.63) is 22.6 Å². The van der Waals surface area contributed by atoms with Gasteiger partial charge in [0, 0.05) is 19.3 Å². The Labute approximate surface area is 106 Å². The lowest BCUT2D eigenvalue weighted by Gasteiger charge is -2.25. The largest absolute Gasteiger partial charge is 0.493 e. The zero-order valence-electron chi connectivity index (χ0n) is 11.2. The van der Waals surface area contributed by atoms with Crippen molar-refractivity contribution in [3.8, 4) is 5.75 Å². The van der Waals surface area contributed by atoms with Crippen LogP contribution >= 0.6 is 0 Å². The van der Waals surface area contributed by atoms with Crippen LogP contribution < -0.4 is 15.2 Å². The first kappa shape index (κ1) is 14.1. The van der Waals surface area contributed by atoms with Gasteiger partial charge in [-0.15, -0.1) is 0 Å². The summed E-state index contributed by atoms with van der Waals surface area (Å²) >= 11 is 0. The van der Waals surface area contributed by atoms with Gasteiger partial charge in [0.25, 0.3) is 0 Å². The summed E-state index contributed by atoms with van der Waals surface area (Å²) in [5.41, 5.74) is -0.559. The van der Waals surface area contributed by atoms with Crippen molar-refractivity contribution in [1.29, 1.82) is 0 Å². The lowest BCUT2D eigenvalue weighted by molar-refractivity contribution is 0.0588. The summed E-state index contributed by atoms with van der Waals surface area (Å²) in [6.45, 7) is 5.31. The summed E-state index contributed by atoms with van der Waals surface area (Å²) < 4.78 is 10.3. The Hall–Kier alpha value is -1.98. The Morgan fingerprint density at radius 2 is 2.00 bits per heavy atom. The number of amides is 1. The van der Waals surface area contributed by atoms with Crippen LogP contribution in [0.2, 0.25) is 0 Å². The molecule has 6 heteroatoms. The minimum Gasteiger partial charge on any atom is -0.493 e. The first-order valence-electron chi connectivity index (χ1n) is 5.48. The molecule has 0 saturated carbocycles. The van der Waals surface area contributed by atoms with E-state index in [0.29, 0.717) is 11.4 Å². The first-order valence-corrected chi connectivity index (χ1v) is 5.48. The van der Waals surface area contributed by atoms with Crippen LogP contribution in [0.4, 0.5) is 10.5 Å². The zero-order chi connectivity index (χ0) is 13.9. The Balaban J connectivity index is 3.03. The minimum atomic E-state index is -0.597. The molecule has 0 aliphatic carbocycles. The van der Waals surface area contributed by atoms with Crippen LogP contribution in [0.15, 0.2) is 17.1 Å². The minimum absolute atomic E-state index is 0.318. The van der Waals surface area contributed by atoms with Crippen LogP contribution in [0.1, 0.15) is 20.8 Å². The number of ether oxygens (including phenoxy) is 2. The monoisotopic (exact) mass is 254 g/mol. The topological polar surface area (TPSA) is 71.6 Å². The van der Waals surface area contributed by atoms with Crippen LogP contribution in [0, 0.1) is 0 Å². The number of H-pyrrole nitrogens is 1. The molecule has 1 aromatic heterocycles. The molecule has 1 aromatic rings. The number of aromatic amines is 1. The summed E-state index contributed by atoms with van der Waals surface area (Å²) in [6, 6.07) is 1.28. The molecule has 1 rings (SSSR count). The fraction of sp³-hybridized carbons (Fsp3) is 0.500. The number of methoxy groups -OCH3 is 1. The van der Waals surface area contributed by atoms with Crippen molar-refractivity contribution < 1.29 is 14.3 Å². The van der Waals surface area contributed by atoms with E-state index in [9.17, 15) is 9.59 Å². The predicted molar refractivity (Wildman–Crippen MR) is 68.3 cm³/mol. The number of rotatable bonds is 2. The van der Waals surface area contributed by atoms with Crippen LogP contribution in [0.25, 0.3) is 0 Å². The molecule has 0 aliphatic rings. The second kappa shape index (κ2) is 5.12. The number of nitrogens with one attached hydrogen (secondary N) is 1. The highest BCUT2D eigenvalue weighted by Crippen LogP contribution is 2.25. The molecule has 0 radical (unpaired) electrons. The van der Waals surface area contributed by atoms with Gasteiger partial charge in [-0.05, 0) is 20.8 Å². The molecule has 100 valence electrons. The van der Waals surface area contributed by atoms with Gasteiger partial charge in [-0.2, -0.15) is 0 Å². The molecule has 1 N–H and O–H groups in total. The molecule has 18 heavy (non-hydrogen) atoms. The molecular weight excluding hydrogens is 236 g/mol. The standard InChI is InChI=1S/C12H18N2O4/c1-12(2,3)18-11(16)14(4)8-6-10(15)13-7-9(8)17-5/h6-7H,1-5H3,(H,13,15). The highest BCUT2D eigenvalue weighted by atomic mass is 16.6. The third-order valence-corrected chi connectivity index (χ3v) is 2.11. The molecule has 0 bridgehead atoms. The van der Waals surface area contributed by atoms with E-state index in [1.54, 1.807) is 20.8 Å². The highest BCUT2D eigenvalue weighted by Gasteiger charge is 2.22. The molecule has 6 nitrogen and oxygen atoms in total. The normalized spacial score (nSPS) is 10.9. The lowest BCUT2D eigenvalue weighted by Crippen LogP contribution is -2.34.